The third-order valence-electron chi connectivity index (χ3n) is 3.69. The molecular weight excluding hydrogens is 278 g/mol. The van der Waals surface area contributed by atoms with Crippen molar-refractivity contribution < 1.29 is 9.59 Å². The fourth-order valence-electron chi connectivity index (χ4n) is 2.51. The van der Waals surface area contributed by atoms with Crippen LogP contribution >= 0.6 is 0 Å². The van der Waals surface area contributed by atoms with Crippen molar-refractivity contribution in [2.45, 2.75) is 19.3 Å². The average Bonchev–Trinajstić information content (AvgIpc) is 2.55. The zero-order valence-corrected chi connectivity index (χ0v) is 12.1. The van der Waals surface area contributed by atoms with E-state index in [-0.39, 0.29) is 11.8 Å². The minimum atomic E-state index is -0.113. The maximum Gasteiger partial charge on any atom is 0.252 e. The lowest BCUT2D eigenvalue weighted by molar-refractivity contribution is -0.116. The number of fused-ring (bicyclic) bond motifs is 1. The van der Waals surface area contributed by atoms with E-state index in [0.29, 0.717) is 18.5 Å². The van der Waals surface area contributed by atoms with Gasteiger partial charge in [0, 0.05) is 31.0 Å². The number of aryl methyl sites for hydroxylation is 1. The lowest BCUT2D eigenvalue weighted by Crippen LogP contribution is -2.26. The number of amides is 2. The Hall–Kier alpha value is -2.69. The maximum absolute atomic E-state index is 11.9. The highest BCUT2D eigenvalue weighted by Crippen LogP contribution is 2.23. The van der Waals surface area contributed by atoms with Crippen LogP contribution in [0.2, 0.25) is 0 Å². The summed E-state index contributed by atoms with van der Waals surface area (Å²) in [7, 11) is 0. The summed E-state index contributed by atoms with van der Waals surface area (Å²) in [5.41, 5.74) is 3.78. The van der Waals surface area contributed by atoms with Gasteiger partial charge in [-0.25, -0.2) is 0 Å². The largest absolute Gasteiger partial charge is 0.352 e. The summed E-state index contributed by atoms with van der Waals surface area (Å²) in [6, 6.07) is 9.51. The summed E-state index contributed by atoms with van der Waals surface area (Å²) in [6.45, 7) is 0.568. The van der Waals surface area contributed by atoms with Crippen molar-refractivity contribution in [1.29, 1.82) is 0 Å². The molecule has 0 radical (unpaired) electrons. The number of hydrogen-bond acceptors (Lipinski definition) is 3. The van der Waals surface area contributed by atoms with Crippen molar-refractivity contribution in [2.75, 3.05) is 11.9 Å². The Morgan fingerprint density at radius 3 is 3.00 bits per heavy atom. The van der Waals surface area contributed by atoms with Gasteiger partial charge in [0.1, 0.15) is 0 Å². The molecule has 0 unspecified atom stereocenters. The van der Waals surface area contributed by atoms with Gasteiger partial charge in [-0.15, -0.1) is 0 Å². The van der Waals surface area contributed by atoms with Gasteiger partial charge in [0.2, 0.25) is 5.91 Å². The Labute approximate surface area is 128 Å². The second-order valence-corrected chi connectivity index (χ2v) is 5.29. The predicted octanol–water partition coefficient (Wildman–Crippen LogP) is 1.94. The van der Waals surface area contributed by atoms with Crippen LogP contribution in [0.15, 0.2) is 42.7 Å². The Morgan fingerprint density at radius 1 is 1.27 bits per heavy atom. The van der Waals surface area contributed by atoms with Crippen LogP contribution in [0.1, 0.15) is 27.9 Å². The smallest absolute Gasteiger partial charge is 0.252 e. The first-order chi connectivity index (χ1) is 10.7. The number of nitrogens with one attached hydrogen (secondary N) is 2. The molecular formula is C17H17N3O2. The second kappa shape index (κ2) is 6.39. The van der Waals surface area contributed by atoms with E-state index >= 15 is 0 Å². The highest BCUT2D eigenvalue weighted by Gasteiger charge is 2.14. The lowest BCUT2D eigenvalue weighted by Gasteiger charge is -2.17. The minimum absolute atomic E-state index is 0.0731. The van der Waals surface area contributed by atoms with E-state index < -0.39 is 0 Å². The summed E-state index contributed by atoms with van der Waals surface area (Å²) in [4.78, 5) is 27.2. The summed E-state index contributed by atoms with van der Waals surface area (Å²) >= 11 is 0. The number of nitrogens with zero attached hydrogens (tertiary/aromatic N) is 1. The number of carbonyl (C=O) groups excluding carboxylic acids is 2. The zero-order valence-electron chi connectivity index (χ0n) is 12.1. The van der Waals surface area contributed by atoms with E-state index in [1.807, 2.05) is 12.1 Å². The van der Waals surface area contributed by atoms with Crippen molar-refractivity contribution in [3.8, 4) is 0 Å². The normalized spacial score (nSPS) is 13.2. The van der Waals surface area contributed by atoms with Crippen molar-refractivity contribution in [1.82, 2.24) is 10.3 Å². The van der Waals surface area contributed by atoms with E-state index in [0.717, 1.165) is 29.7 Å². The topological polar surface area (TPSA) is 71.1 Å². The van der Waals surface area contributed by atoms with Gasteiger partial charge >= 0.3 is 0 Å². The molecule has 1 aromatic carbocycles. The molecule has 2 heterocycles. The molecule has 0 saturated heterocycles. The highest BCUT2D eigenvalue weighted by atomic mass is 16.2. The van der Waals surface area contributed by atoms with E-state index in [2.05, 4.69) is 21.7 Å². The Bertz CT molecular complexity index is 698. The van der Waals surface area contributed by atoms with Crippen LogP contribution in [0, 0.1) is 0 Å². The van der Waals surface area contributed by atoms with Gasteiger partial charge in [-0.05, 0) is 42.2 Å². The third kappa shape index (κ3) is 3.31. The minimum Gasteiger partial charge on any atom is -0.352 e. The number of rotatable bonds is 4. The van der Waals surface area contributed by atoms with E-state index in [9.17, 15) is 9.59 Å². The average molecular weight is 295 g/mol. The molecule has 0 aliphatic carbocycles. The van der Waals surface area contributed by atoms with E-state index in [4.69, 9.17) is 0 Å². The number of aromatic nitrogens is 1. The first-order valence-electron chi connectivity index (χ1n) is 7.32. The molecule has 1 aliphatic heterocycles. The molecule has 1 aromatic heterocycles. The van der Waals surface area contributed by atoms with Gasteiger partial charge in [0.25, 0.3) is 5.91 Å². The zero-order chi connectivity index (χ0) is 15.4. The summed E-state index contributed by atoms with van der Waals surface area (Å²) < 4.78 is 0. The molecule has 3 rings (SSSR count). The summed E-state index contributed by atoms with van der Waals surface area (Å²) in [5.74, 6) is -0.0395. The van der Waals surface area contributed by atoms with Crippen molar-refractivity contribution in [3.63, 3.8) is 0 Å². The highest BCUT2D eigenvalue weighted by molar-refractivity contribution is 5.94. The molecule has 22 heavy (non-hydrogen) atoms. The standard InChI is InChI=1S/C17H17N3O2/c21-16-6-4-13-10-12(3-5-15(13)20-16)7-9-19-17(22)14-2-1-8-18-11-14/h1-3,5,8,10-11H,4,6-7,9H2,(H,19,22)(H,20,21). The number of hydrogen-bond donors (Lipinski definition) is 2. The van der Waals surface area contributed by atoms with Gasteiger partial charge in [0.05, 0.1) is 5.56 Å². The molecule has 2 N–H and O–H groups in total. The Morgan fingerprint density at radius 2 is 2.18 bits per heavy atom. The number of benzene rings is 1. The van der Waals surface area contributed by atoms with Crippen LogP contribution in [-0.2, 0) is 17.6 Å². The molecule has 0 fully saturated rings. The monoisotopic (exact) mass is 295 g/mol. The van der Waals surface area contributed by atoms with Crippen molar-refractivity contribution in [3.05, 3.63) is 59.4 Å². The molecule has 5 heteroatoms. The van der Waals surface area contributed by atoms with Crippen molar-refractivity contribution in [2.24, 2.45) is 0 Å². The van der Waals surface area contributed by atoms with Gasteiger partial charge < -0.3 is 10.6 Å². The SMILES string of the molecule is O=C1CCc2cc(CCNC(=O)c3cccnc3)ccc2N1. The van der Waals surface area contributed by atoms with Crippen LogP contribution in [-0.4, -0.2) is 23.3 Å². The summed E-state index contributed by atoms with van der Waals surface area (Å²) in [6.07, 6.45) is 5.26. The lowest BCUT2D eigenvalue weighted by atomic mass is 9.99. The Balaban J connectivity index is 1.56. The van der Waals surface area contributed by atoms with Crippen LogP contribution < -0.4 is 10.6 Å². The van der Waals surface area contributed by atoms with E-state index in [1.54, 1.807) is 24.5 Å². The molecule has 2 aromatic rings. The van der Waals surface area contributed by atoms with E-state index in [1.165, 1.54) is 0 Å². The molecule has 0 saturated carbocycles. The first-order valence-corrected chi connectivity index (χ1v) is 7.32. The van der Waals surface area contributed by atoms with Crippen LogP contribution in [0.5, 0.6) is 0 Å². The van der Waals surface area contributed by atoms with Crippen LogP contribution in [0.4, 0.5) is 5.69 Å². The van der Waals surface area contributed by atoms with Gasteiger partial charge in [-0.3, -0.25) is 14.6 Å². The summed E-state index contributed by atoms with van der Waals surface area (Å²) in [5, 5.41) is 5.75. The number of anilines is 1. The molecule has 2 amide bonds. The predicted molar refractivity (Wildman–Crippen MR) is 83.7 cm³/mol. The maximum atomic E-state index is 11.9. The third-order valence-corrected chi connectivity index (χ3v) is 3.69. The van der Waals surface area contributed by atoms with Crippen molar-refractivity contribution >= 4 is 17.5 Å². The first kappa shape index (κ1) is 14.3. The number of pyridine rings is 1. The quantitative estimate of drug-likeness (QED) is 0.905. The molecule has 0 spiro atoms. The van der Waals surface area contributed by atoms with Crippen LogP contribution in [0.3, 0.4) is 0 Å². The molecule has 112 valence electrons. The van der Waals surface area contributed by atoms with Gasteiger partial charge in [-0.2, -0.15) is 0 Å². The van der Waals surface area contributed by atoms with Crippen LogP contribution in [0.25, 0.3) is 0 Å². The second-order valence-electron chi connectivity index (χ2n) is 5.29. The van der Waals surface area contributed by atoms with Gasteiger partial charge in [-0.1, -0.05) is 12.1 Å². The fourth-order valence-corrected chi connectivity index (χ4v) is 2.51. The molecule has 5 nitrogen and oxygen atoms in total. The Kier molecular flexibility index (Phi) is 4.14. The fraction of sp³-hybridized carbons (Fsp3) is 0.235. The van der Waals surface area contributed by atoms with Gasteiger partial charge in [0.15, 0.2) is 0 Å². The molecule has 0 atom stereocenters. The molecule has 1 aliphatic rings. The molecule has 0 bridgehead atoms. The number of carbonyl (C=O) groups is 2.